The Bertz CT molecular complexity index is 715. The highest BCUT2D eigenvalue weighted by Gasteiger charge is 2.43. The first kappa shape index (κ1) is 20.1. The number of nitrogens with one attached hydrogen (secondary N) is 2. The number of benzene rings is 1. The SMILES string of the molecule is COCCNC(=O)C1CC(=O)N(C2CN(C(=O)NCc3ccc(C)cc3)C2)C1. The molecule has 1 aromatic rings. The third-order valence-corrected chi connectivity index (χ3v) is 5.29. The number of carbonyl (C=O) groups is 3. The summed E-state index contributed by atoms with van der Waals surface area (Å²) in [7, 11) is 1.58. The molecule has 0 saturated carbocycles. The molecule has 0 aromatic heterocycles. The molecule has 2 heterocycles. The Balaban J connectivity index is 1.40. The predicted molar refractivity (Wildman–Crippen MR) is 103 cm³/mol. The van der Waals surface area contributed by atoms with Gasteiger partial charge in [0.1, 0.15) is 0 Å². The maximum atomic E-state index is 12.3. The lowest BCUT2D eigenvalue weighted by Gasteiger charge is -2.43. The molecule has 3 rings (SSSR count). The molecule has 28 heavy (non-hydrogen) atoms. The van der Waals surface area contributed by atoms with Crippen LogP contribution in [0.15, 0.2) is 24.3 Å². The van der Waals surface area contributed by atoms with E-state index in [2.05, 4.69) is 10.6 Å². The average molecular weight is 388 g/mol. The zero-order valence-electron chi connectivity index (χ0n) is 16.4. The molecule has 2 aliphatic heterocycles. The van der Waals surface area contributed by atoms with E-state index >= 15 is 0 Å². The first-order valence-electron chi connectivity index (χ1n) is 9.62. The highest BCUT2D eigenvalue weighted by Crippen LogP contribution is 2.25. The normalized spacial score (nSPS) is 19.5. The molecular formula is C20H28N4O4. The Labute approximate surface area is 165 Å². The number of ether oxygens (including phenoxy) is 1. The van der Waals surface area contributed by atoms with Crippen molar-refractivity contribution in [2.45, 2.75) is 25.9 Å². The zero-order valence-corrected chi connectivity index (χ0v) is 16.4. The molecule has 8 heteroatoms. The van der Waals surface area contributed by atoms with E-state index in [9.17, 15) is 14.4 Å². The van der Waals surface area contributed by atoms with Crippen LogP contribution < -0.4 is 10.6 Å². The first-order valence-corrected chi connectivity index (χ1v) is 9.62. The number of hydrogen-bond acceptors (Lipinski definition) is 4. The van der Waals surface area contributed by atoms with Crippen LogP contribution in [-0.4, -0.2) is 73.6 Å². The van der Waals surface area contributed by atoms with Crippen LogP contribution in [-0.2, 0) is 20.9 Å². The van der Waals surface area contributed by atoms with Crippen LogP contribution in [0, 0.1) is 12.8 Å². The number of carbonyl (C=O) groups excluding carboxylic acids is 3. The second-order valence-corrected chi connectivity index (χ2v) is 7.43. The van der Waals surface area contributed by atoms with E-state index in [1.807, 2.05) is 31.2 Å². The third kappa shape index (κ3) is 4.81. The monoisotopic (exact) mass is 388 g/mol. The van der Waals surface area contributed by atoms with Gasteiger partial charge < -0.3 is 25.2 Å². The molecule has 0 aliphatic carbocycles. The van der Waals surface area contributed by atoms with Crippen molar-refractivity contribution in [1.82, 2.24) is 20.4 Å². The van der Waals surface area contributed by atoms with E-state index in [0.717, 1.165) is 5.56 Å². The quantitative estimate of drug-likeness (QED) is 0.666. The number of hydrogen-bond donors (Lipinski definition) is 2. The Morgan fingerprint density at radius 1 is 1.14 bits per heavy atom. The van der Waals surface area contributed by atoms with Crippen molar-refractivity contribution in [1.29, 1.82) is 0 Å². The summed E-state index contributed by atoms with van der Waals surface area (Å²) in [6.45, 7) is 4.82. The Hall–Kier alpha value is -2.61. The average Bonchev–Trinajstić information content (AvgIpc) is 3.02. The van der Waals surface area contributed by atoms with Gasteiger partial charge in [0.2, 0.25) is 11.8 Å². The van der Waals surface area contributed by atoms with E-state index in [1.54, 1.807) is 16.9 Å². The molecular weight excluding hydrogens is 360 g/mol. The lowest BCUT2D eigenvalue weighted by molar-refractivity contribution is -0.132. The summed E-state index contributed by atoms with van der Waals surface area (Å²) in [5.74, 6) is -0.453. The highest BCUT2D eigenvalue weighted by molar-refractivity contribution is 5.89. The lowest BCUT2D eigenvalue weighted by atomic mass is 10.1. The molecule has 2 saturated heterocycles. The van der Waals surface area contributed by atoms with Crippen LogP contribution in [0.1, 0.15) is 17.5 Å². The third-order valence-electron chi connectivity index (χ3n) is 5.29. The minimum absolute atomic E-state index is 0.00519. The molecule has 0 radical (unpaired) electrons. The summed E-state index contributed by atoms with van der Waals surface area (Å²) in [5, 5.41) is 5.69. The van der Waals surface area contributed by atoms with E-state index in [4.69, 9.17) is 4.74 Å². The van der Waals surface area contributed by atoms with E-state index in [0.29, 0.717) is 39.3 Å². The minimum atomic E-state index is -0.325. The Morgan fingerprint density at radius 3 is 2.54 bits per heavy atom. The summed E-state index contributed by atoms with van der Waals surface area (Å²) in [6.07, 6.45) is 0.231. The molecule has 0 spiro atoms. The van der Waals surface area contributed by atoms with Crippen molar-refractivity contribution in [3.8, 4) is 0 Å². The van der Waals surface area contributed by atoms with Crippen molar-refractivity contribution in [2.75, 3.05) is 39.9 Å². The maximum absolute atomic E-state index is 12.3. The Kier molecular flexibility index (Phi) is 6.51. The van der Waals surface area contributed by atoms with Gasteiger partial charge in [-0.15, -0.1) is 0 Å². The van der Waals surface area contributed by atoms with Gasteiger partial charge in [0.15, 0.2) is 0 Å². The van der Waals surface area contributed by atoms with Crippen molar-refractivity contribution in [2.24, 2.45) is 5.92 Å². The van der Waals surface area contributed by atoms with E-state index < -0.39 is 0 Å². The molecule has 4 amide bonds. The number of rotatable bonds is 7. The molecule has 0 bridgehead atoms. The summed E-state index contributed by atoms with van der Waals surface area (Å²) in [5.41, 5.74) is 2.23. The highest BCUT2D eigenvalue weighted by atomic mass is 16.5. The van der Waals surface area contributed by atoms with E-state index in [-0.39, 0.29) is 36.2 Å². The zero-order chi connectivity index (χ0) is 20.1. The van der Waals surface area contributed by atoms with Gasteiger partial charge in [0.05, 0.1) is 18.6 Å². The smallest absolute Gasteiger partial charge is 0.317 e. The summed E-state index contributed by atoms with van der Waals surface area (Å²) in [6, 6.07) is 7.89. The van der Waals surface area contributed by atoms with Crippen LogP contribution in [0.2, 0.25) is 0 Å². The van der Waals surface area contributed by atoms with Crippen LogP contribution in [0.5, 0.6) is 0 Å². The number of likely N-dealkylation sites (tertiary alicyclic amines) is 2. The van der Waals surface area contributed by atoms with Crippen LogP contribution in [0.4, 0.5) is 4.79 Å². The number of nitrogens with zero attached hydrogens (tertiary/aromatic N) is 2. The van der Waals surface area contributed by atoms with Gasteiger partial charge in [0.25, 0.3) is 0 Å². The van der Waals surface area contributed by atoms with Crippen LogP contribution >= 0.6 is 0 Å². The fourth-order valence-corrected chi connectivity index (χ4v) is 3.49. The molecule has 8 nitrogen and oxygen atoms in total. The van der Waals surface area contributed by atoms with Gasteiger partial charge in [0, 0.05) is 46.3 Å². The second kappa shape index (κ2) is 9.05. The second-order valence-electron chi connectivity index (χ2n) is 7.43. The predicted octanol–water partition coefficient (Wildman–Crippen LogP) is 0.500. The summed E-state index contributed by atoms with van der Waals surface area (Å²) in [4.78, 5) is 40.1. The lowest BCUT2D eigenvalue weighted by Crippen LogP contribution is -2.63. The summed E-state index contributed by atoms with van der Waals surface area (Å²) >= 11 is 0. The molecule has 152 valence electrons. The van der Waals surface area contributed by atoms with Crippen molar-refractivity contribution >= 4 is 17.8 Å². The largest absolute Gasteiger partial charge is 0.383 e. The van der Waals surface area contributed by atoms with Crippen molar-refractivity contribution in [3.05, 3.63) is 35.4 Å². The van der Waals surface area contributed by atoms with Gasteiger partial charge in [-0.2, -0.15) is 0 Å². The van der Waals surface area contributed by atoms with E-state index in [1.165, 1.54) is 5.56 Å². The number of urea groups is 1. The topological polar surface area (TPSA) is 91.0 Å². The van der Waals surface area contributed by atoms with Gasteiger partial charge >= 0.3 is 6.03 Å². The number of amides is 4. The van der Waals surface area contributed by atoms with Gasteiger partial charge in [-0.25, -0.2) is 4.79 Å². The standard InChI is InChI=1S/C20H28N4O4/c1-14-3-5-15(6-4-14)10-22-20(27)23-12-17(13-23)24-11-16(9-18(24)25)19(26)21-7-8-28-2/h3-6,16-17H,7-13H2,1-2H3,(H,21,26)(H,22,27). The molecule has 2 N–H and O–H groups in total. The fraction of sp³-hybridized carbons (Fsp3) is 0.550. The number of methoxy groups -OCH3 is 1. The van der Waals surface area contributed by atoms with Crippen LogP contribution in [0.3, 0.4) is 0 Å². The summed E-state index contributed by atoms with van der Waals surface area (Å²) < 4.78 is 4.91. The first-order chi connectivity index (χ1) is 13.5. The Morgan fingerprint density at radius 2 is 1.86 bits per heavy atom. The van der Waals surface area contributed by atoms with Gasteiger partial charge in [-0.05, 0) is 12.5 Å². The van der Waals surface area contributed by atoms with Gasteiger partial charge in [-0.1, -0.05) is 29.8 Å². The van der Waals surface area contributed by atoms with Crippen molar-refractivity contribution < 1.29 is 19.1 Å². The number of aryl methyl sites for hydroxylation is 1. The molecule has 1 aromatic carbocycles. The van der Waals surface area contributed by atoms with Crippen molar-refractivity contribution in [3.63, 3.8) is 0 Å². The molecule has 1 unspecified atom stereocenters. The van der Waals surface area contributed by atoms with Gasteiger partial charge in [-0.3, -0.25) is 9.59 Å². The fourth-order valence-electron chi connectivity index (χ4n) is 3.49. The molecule has 2 aliphatic rings. The maximum Gasteiger partial charge on any atom is 0.317 e. The minimum Gasteiger partial charge on any atom is -0.383 e. The molecule has 1 atom stereocenters. The van der Waals surface area contributed by atoms with Crippen LogP contribution in [0.25, 0.3) is 0 Å². The molecule has 2 fully saturated rings.